The predicted molar refractivity (Wildman–Crippen MR) is 60.4 cm³/mol. The molecule has 0 atom stereocenters. The molecule has 0 aromatic heterocycles. The Labute approximate surface area is 83.4 Å². The van der Waals surface area contributed by atoms with Gasteiger partial charge in [0, 0.05) is 4.90 Å². The van der Waals surface area contributed by atoms with Gasteiger partial charge in [-0.1, -0.05) is 18.2 Å². The third-order valence-electron chi connectivity index (χ3n) is 2.50. The fraction of sp³-hybridized carbons (Fsp3) is 0.333. The molecule has 0 heterocycles. The zero-order valence-corrected chi connectivity index (χ0v) is 8.95. The lowest BCUT2D eigenvalue weighted by Crippen LogP contribution is -2.27. The Bertz CT molecular complexity index is 429. The Morgan fingerprint density at radius 3 is 2.31 bits per heavy atom. The van der Waals surface area contributed by atoms with E-state index in [1.807, 2.05) is 11.8 Å². The Hall–Kier alpha value is -0.690. The number of benzene rings is 1. The second kappa shape index (κ2) is 3.59. The monoisotopic (exact) mass is 190 g/mol. The van der Waals surface area contributed by atoms with Crippen LogP contribution in [0.3, 0.4) is 0 Å². The average Bonchev–Trinajstić information content (AvgIpc) is 2.17. The molecular weight excluding hydrogens is 176 g/mol. The van der Waals surface area contributed by atoms with Crippen molar-refractivity contribution in [3.63, 3.8) is 0 Å². The van der Waals surface area contributed by atoms with Crippen molar-refractivity contribution in [1.29, 1.82) is 0 Å². The zero-order chi connectivity index (χ0) is 9.26. The van der Waals surface area contributed by atoms with Crippen LogP contribution in [0, 0.1) is 6.92 Å². The van der Waals surface area contributed by atoms with Crippen molar-refractivity contribution >= 4 is 23.9 Å². The van der Waals surface area contributed by atoms with Gasteiger partial charge in [-0.2, -0.15) is 0 Å². The van der Waals surface area contributed by atoms with Crippen molar-refractivity contribution < 1.29 is 0 Å². The lowest BCUT2D eigenvalue weighted by atomic mass is 10.1. The third kappa shape index (κ3) is 1.66. The predicted octanol–water partition coefficient (Wildman–Crippen LogP) is 2.07. The maximum atomic E-state index is 2.34. The summed E-state index contributed by atoms with van der Waals surface area (Å²) in [4.78, 5) is 1.41. The van der Waals surface area contributed by atoms with Gasteiger partial charge in [0.05, 0.1) is 0 Å². The van der Waals surface area contributed by atoms with Crippen LogP contribution >= 0.6 is 11.8 Å². The van der Waals surface area contributed by atoms with Crippen molar-refractivity contribution in [2.45, 2.75) is 24.7 Å². The summed E-state index contributed by atoms with van der Waals surface area (Å²) in [6.07, 6.45) is 9.22. The minimum absolute atomic E-state index is 1.20. The van der Waals surface area contributed by atoms with Crippen LogP contribution in [0.15, 0.2) is 17.0 Å². The molecule has 0 bridgehead atoms. The fourth-order valence-corrected chi connectivity index (χ4v) is 2.40. The molecule has 0 amide bonds. The minimum Gasteiger partial charge on any atom is -0.129 e. The molecular formula is C12H14S. The van der Waals surface area contributed by atoms with Gasteiger partial charge < -0.3 is 0 Å². The molecule has 1 aliphatic rings. The Morgan fingerprint density at radius 1 is 1.08 bits per heavy atom. The summed E-state index contributed by atoms with van der Waals surface area (Å²) in [7, 11) is 0. The SMILES string of the molecule is CSc1cc2c(cc1C)=CCCC=2. The van der Waals surface area contributed by atoms with Crippen LogP contribution in [0.25, 0.3) is 12.2 Å². The summed E-state index contributed by atoms with van der Waals surface area (Å²) in [5, 5.41) is 2.84. The Balaban J connectivity index is 2.72. The third-order valence-corrected chi connectivity index (χ3v) is 3.38. The molecule has 1 aliphatic carbocycles. The molecule has 1 heteroatoms. The highest BCUT2D eigenvalue weighted by Crippen LogP contribution is 2.15. The highest BCUT2D eigenvalue weighted by molar-refractivity contribution is 7.98. The molecule has 0 N–H and O–H groups in total. The summed E-state index contributed by atoms with van der Waals surface area (Å²) in [5.74, 6) is 0. The summed E-state index contributed by atoms with van der Waals surface area (Å²) in [5.41, 5.74) is 1.40. The maximum Gasteiger partial charge on any atom is 0.0105 e. The first kappa shape index (κ1) is 8.89. The molecule has 0 saturated carbocycles. The van der Waals surface area contributed by atoms with E-state index in [1.54, 1.807) is 0 Å². The highest BCUT2D eigenvalue weighted by Gasteiger charge is 1.99. The first-order valence-electron chi connectivity index (χ1n) is 4.66. The topological polar surface area (TPSA) is 0 Å². The van der Waals surface area contributed by atoms with Gasteiger partial charge in [0.25, 0.3) is 0 Å². The molecule has 0 nitrogen and oxygen atoms in total. The summed E-state index contributed by atoms with van der Waals surface area (Å²) in [6, 6.07) is 4.61. The second-order valence-corrected chi connectivity index (χ2v) is 4.28. The number of thioether (sulfide) groups is 1. The van der Waals surface area contributed by atoms with Gasteiger partial charge in [-0.3, -0.25) is 0 Å². The standard InChI is InChI=1S/C12H14S/c1-9-7-10-5-3-4-6-11(10)8-12(9)13-2/h5-8H,3-4H2,1-2H3. The molecule has 0 aliphatic heterocycles. The van der Waals surface area contributed by atoms with Gasteiger partial charge >= 0.3 is 0 Å². The van der Waals surface area contributed by atoms with Gasteiger partial charge in [0.15, 0.2) is 0 Å². The molecule has 68 valence electrons. The molecule has 0 saturated heterocycles. The quantitative estimate of drug-likeness (QED) is 0.611. The van der Waals surface area contributed by atoms with E-state index in [0.717, 1.165) is 0 Å². The first-order chi connectivity index (χ1) is 6.31. The largest absolute Gasteiger partial charge is 0.129 e. The van der Waals surface area contributed by atoms with E-state index in [0.29, 0.717) is 0 Å². The van der Waals surface area contributed by atoms with E-state index in [4.69, 9.17) is 0 Å². The smallest absolute Gasteiger partial charge is 0.0105 e. The summed E-state index contributed by atoms with van der Waals surface area (Å²) < 4.78 is 0. The number of hydrogen-bond donors (Lipinski definition) is 0. The highest BCUT2D eigenvalue weighted by atomic mass is 32.2. The van der Waals surface area contributed by atoms with Crippen LogP contribution < -0.4 is 10.4 Å². The number of aryl methyl sites for hydroxylation is 1. The van der Waals surface area contributed by atoms with Crippen molar-refractivity contribution in [2.24, 2.45) is 0 Å². The average molecular weight is 190 g/mol. The zero-order valence-electron chi connectivity index (χ0n) is 8.13. The van der Waals surface area contributed by atoms with Crippen LogP contribution in [0.5, 0.6) is 0 Å². The number of fused-ring (bicyclic) bond motifs is 1. The van der Waals surface area contributed by atoms with Gasteiger partial charge in [0.1, 0.15) is 0 Å². The molecule has 1 aromatic rings. The molecule has 2 rings (SSSR count). The lowest BCUT2D eigenvalue weighted by Gasteiger charge is -2.05. The normalized spacial score (nSPS) is 14.3. The number of rotatable bonds is 1. The molecule has 0 spiro atoms. The van der Waals surface area contributed by atoms with Crippen LogP contribution in [0.2, 0.25) is 0 Å². The summed E-state index contributed by atoms with van der Waals surface area (Å²) in [6.45, 7) is 2.19. The van der Waals surface area contributed by atoms with Crippen molar-refractivity contribution in [3.8, 4) is 0 Å². The van der Waals surface area contributed by atoms with Gasteiger partial charge in [-0.25, -0.2) is 0 Å². The lowest BCUT2D eigenvalue weighted by molar-refractivity contribution is 1.10. The molecule has 0 radical (unpaired) electrons. The second-order valence-electron chi connectivity index (χ2n) is 3.44. The fourth-order valence-electron chi connectivity index (χ4n) is 1.78. The van der Waals surface area contributed by atoms with Crippen LogP contribution in [-0.2, 0) is 0 Å². The van der Waals surface area contributed by atoms with Crippen LogP contribution in [0.1, 0.15) is 18.4 Å². The van der Waals surface area contributed by atoms with E-state index < -0.39 is 0 Å². The maximum absolute atomic E-state index is 2.34. The van der Waals surface area contributed by atoms with E-state index >= 15 is 0 Å². The van der Waals surface area contributed by atoms with Crippen LogP contribution in [0.4, 0.5) is 0 Å². The van der Waals surface area contributed by atoms with E-state index in [1.165, 1.54) is 33.7 Å². The van der Waals surface area contributed by atoms with Gasteiger partial charge in [-0.15, -0.1) is 11.8 Å². The van der Waals surface area contributed by atoms with E-state index in [-0.39, 0.29) is 0 Å². The van der Waals surface area contributed by atoms with Gasteiger partial charge in [0.2, 0.25) is 0 Å². The number of hydrogen-bond acceptors (Lipinski definition) is 1. The molecule has 13 heavy (non-hydrogen) atoms. The molecule has 0 unspecified atom stereocenters. The molecule has 1 aromatic carbocycles. The minimum atomic E-state index is 1.20. The van der Waals surface area contributed by atoms with Crippen molar-refractivity contribution in [3.05, 3.63) is 28.1 Å². The first-order valence-corrected chi connectivity index (χ1v) is 5.89. The Morgan fingerprint density at radius 2 is 1.69 bits per heavy atom. The Kier molecular flexibility index (Phi) is 2.45. The van der Waals surface area contributed by atoms with Crippen LogP contribution in [-0.4, -0.2) is 6.26 Å². The van der Waals surface area contributed by atoms with E-state index in [9.17, 15) is 0 Å². The molecule has 0 fully saturated rings. The summed E-state index contributed by atoms with van der Waals surface area (Å²) >= 11 is 1.83. The van der Waals surface area contributed by atoms with Crippen molar-refractivity contribution in [1.82, 2.24) is 0 Å². The van der Waals surface area contributed by atoms with Gasteiger partial charge in [-0.05, 0) is 48.1 Å². The van der Waals surface area contributed by atoms with E-state index in [2.05, 4.69) is 37.5 Å². The van der Waals surface area contributed by atoms with Crippen molar-refractivity contribution in [2.75, 3.05) is 6.26 Å².